The largest absolute Gasteiger partial charge is 0.493 e. The molecule has 1 aromatic rings. The van der Waals surface area contributed by atoms with Gasteiger partial charge in [0, 0.05) is 23.3 Å². The summed E-state index contributed by atoms with van der Waals surface area (Å²) in [6.07, 6.45) is 5.68. The Morgan fingerprint density at radius 2 is 1.25 bits per heavy atom. The second-order valence-electron chi connectivity index (χ2n) is 7.04. The number of hydrogen-bond donors (Lipinski definition) is 0. The van der Waals surface area contributed by atoms with Crippen molar-refractivity contribution in [1.82, 2.24) is 0 Å². The predicted molar refractivity (Wildman–Crippen MR) is 105 cm³/mol. The van der Waals surface area contributed by atoms with Gasteiger partial charge in [-0.3, -0.25) is 0 Å². The van der Waals surface area contributed by atoms with Gasteiger partial charge < -0.3 is 9.47 Å². The molecule has 0 saturated carbocycles. The Bertz CT molecular complexity index is 648. The number of terminal acetylenes is 1. The van der Waals surface area contributed by atoms with Crippen molar-refractivity contribution in [3.63, 3.8) is 0 Å². The van der Waals surface area contributed by atoms with Crippen LogP contribution in [0.2, 0.25) is 16.6 Å². The lowest BCUT2D eigenvalue weighted by molar-refractivity contribution is 0.355. The molecule has 2 nitrogen and oxygen atoms in total. The van der Waals surface area contributed by atoms with Crippen molar-refractivity contribution in [3.8, 4) is 35.3 Å². The first-order valence-electron chi connectivity index (χ1n) is 8.50. The molecule has 0 bridgehead atoms. The molecule has 0 amide bonds. The SMILES string of the molecule is C#Cc1cc(OC)c(OC)cc1C#C[Si](C(C)C)(C(C)C)C(C)C. The van der Waals surface area contributed by atoms with E-state index >= 15 is 0 Å². The zero-order chi connectivity index (χ0) is 18.5. The van der Waals surface area contributed by atoms with Crippen LogP contribution in [0.3, 0.4) is 0 Å². The van der Waals surface area contributed by atoms with Gasteiger partial charge in [-0.1, -0.05) is 53.4 Å². The van der Waals surface area contributed by atoms with Crippen molar-refractivity contribution in [2.45, 2.75) is 58.2 Å². The van der Waals surface area contributed by atoms with Crippen LogP contribution in [0.5, 0.6) is 11.5 Å². The molecule has 3 heteroatoms. The van der Waals surface area contributed by atoms with Crippen LogP contribution < -0.4 is 9.47 Å². The molecule has 0 atom stereocenters. The topological polar surface area (TPSA) is 18.5 Å². The van der Waals surface area contributed by atoms with E-state index in [4.69, 9.17) is 15.9 Å². The third-order valence-corrected chi connectivity index (χ3v) is 11.2. The molecule has 0 heterocycles. The van der Waals surface area contributed by atoms with Crippen LogP contribution in [0.15, 0.2) is 12.1 Å². The fourth-order valence-electron chi connectivity index (χ4n) is 3.71. The van der Waals surface area contributed by atoms with Crippen LogP contribution in [0.25, 0.3) is 0 Å². The summed E-state index contributed by atoms with van der Waals surface area (Å²) in [5.74, 6) is 7.43. The molecule has 0 aliphatic carbocycles. The Morgan fingerprint density at radius 1 is 0.833 bits per heavy atom. The smallest absolute Gasteiger partial charge is 0.162 e. The Morgan fingerprint density at radius 3 is 1.58 bits per heavy atom. The number of ether oxygens (including phenoxy) is 2. The third-order valence-electron chi connectivity index (χ3n) is 4.96. The summed E-state index contributed by atoms with van der Waals surface area (Å²) in [6.45, 7) is 13.8. The Balaban J connectivity index is 3.55. The molecule has 0 aromatic heterocycles. The maximum atomic E-state index is 5.68. The minimum atomic E-state index is -1.80. The van der Waals surface area contributed by atoms with Crippen molar-refractivity contribution in [1.29, 1.82) is 0 Å². The minimum absolute atomic E-state index is 0.583. The summed E-state index contributed by atoms with van der Waals surface area (Å²) in [7, 11) is 1.44. The van der Waals surface area contributed by atoms with Crippen LogP contribution in [-0.4, -0.2) is 22.3 Å². The molecule has 0 unspecified atom stereocenters. The Kier molecular flexibility index (Phi) is 7.00. The Hall–Kier alpha value is -1.84. The second-order valence-corrected chi connectivity index (χ2v) is 12.6. The fraction of sp³-hybridized carbons (Fsp3) is 0.524. The summed E-state index contributed by atoms with van der Waals surface area (Å²) in [4.78, 5) is 0. The van der Waals surface area contributed by atoms with Crippen LogP contribution >= 0.6 is 0 Å². The van der Waals surface area contributed by atoms with Crippen molar-refractivity contribution in [2.24, 2.45) is 0 Å². The Labute approximate surface area is 149 Å². The van der Waals surface area contributed by atoms with Gasteiger partial charge in [0.15, 0.2) is 11.5 Å². The molecule has 0 saturated heterocycles. The average molecular weight is 343 g/mol. The molecular formula is C21H30O2Si. The first kappa shape index (κ1) is 20.2. The lowest BCUT2D eigenvalue weighted by atomic mass is 10.1. The maximum Gasteiger partial charge on any atom is 0.162 e. The maximum absolute atomic E-state index is 5.68. The van der Waals surface area contributed by atoms with Gasteiger partial charge in [-0.15, -0.1) is 12.0 Å². The molecule has 1 rings (SSSR count). The zero-order valence-electron chi connectivity index (χ0n) is 16.3. The third kappa shape index (κ3) is 3.79. The van der Waals surface area contributed by atoms with Gasteiger partial charge in [-0.25, -0.2) is 0 Å². The molecule has 0 aliphatic heterocycles. The van der Waals surface area contributed by atoms with Crippen LogP contribution in [0.4, 0.5) is 0 Å². The van der Waals surface area contributed by atoms with Crippen LogP contribution in [0, 0.1) is 23.8 Å². The fourth-order valence-corrected chi connectivity index (χ4v) is 8.93. The van der Waals surface area contributed by atoms with E-state index in [0.717, 1.165) is 11.1 Å². The van der Waals surface area contributed by atoms with Gasteiger partial charge in [0.25, 0.3) is 0 Å². The highest BCUT2D eigenvalue weighted by atomic mass is 28.3. The molecule has 0 aliphatic rings. The molecule has 0 spiro atoms. The molecular weight excluding hydrogens is 312 g/mol. The first-order chi connectivity index (χ1) is 11.2. The van der Waals surface area contributed by atoms with Crippen molar-refractivity contribution >= 4 is 8.07 Å². The van der Waals surface area contributed by atoms with E-state index in [1.165, 1.54) is 0 Å². The number of rotatable bonds is 5. The lowest BCUT2D eigenvalue weighted by Gasteiger charge is -2.38. The number of benzene rings is 1. The van der Waals surface area contributed by atoms with E-state index in [0.29, 0.717) is 28.1 Å². The van der Waals surface area contributed by atoms with E-state index in [1.807, 2.05) is 12.1 Å². The van der Waals surface area contributed by atoms with Gasteiger partial charge in [-0.2, -0.15) is 0 Å². The normalized spacial score (nSPS) is 11.2. The van der Waals surface area contributed by atoms with Gasteiger partial charge in [0.1, 0.15) is 8.07 Å². The summed E-state index contributed by atoms with van der Waals surface area (Å²) in [6, 6.07) is 3.72. The summed E-state index contributed by atoms with van der Waals surface area (Å²) >= 11 is 0. The first-order valence-corrected chi connectivity index (χ1v) is 10.7. The van der Waals surface area contributed by atoms with E-state index in [-0.39, 0.29) is 0 Å². The molecule has 24 heavy (non-hydrogen) atoms. The minimum Gasteiger partial charge on any atom is -0.493 e. The summed E-state index contributed by atoms with van der Waals surface area (Å²) in [5.41, 5.74) is 7.05. The van der Waals surface area contributed by atoms with Gasteiger partial charge in [-0.05, 0) is 16.6 Å². The van der Waals surface area contributed by atoms with E-state index < -0.39 is 8.07 Å². The van der Waals surface area contributed by atoms with Gasteiger partial charge in [0.05, 0.1) is 14.2 Å². The molecule has 0 radical (unpaired) electrons. The van der Waals surface area contributed by atoms with Crippen LogP contribution in [-0.2, 0) is 0 Å². The zero-order valence-corrected chi connectivity index (χ0v) is 17.3. The van der Waals surface area contributed by atoms with Gasteiger partial charge >= 0.3 is 0 Å². The molecule has 0 fully saturated rings. The second kappa shape index (κ2) is 8.31. The van der Waals surface area contributed by atoms with Crippen molar-refractivity contribution < 1.29 is 9.47 Å². The van der Waals surface area contributed by atoms with Crippen molar-refractivity contribution in [3.05, 3.63) is 23.3 Å². The lowest BCUT2D eigenvalue weighted by Crippen LogP contribution is -2.43. The van der Waals surface area contributed by atoms with E-state index in [1.54, 1.807) is 14.2 Å². The standard InChI is InChI=1S/C21H30O2Si/c1-10-18-13-20(22-8)21(23-9)14-19(18)11-12-24(15(2)3,16(4)5)17(6)7/h1,13-17H,2-9H3. The monoisotopic (exact) mass is 342 g/mol. The van der Waals surface area contributed by atoms with Crippen molar-refractivity contribution in [2.75, 3.05) is 14.2 Å². The number of methoxy groups -OCH3 is 2. The molecule has 0 N–H and O–H groups in total. The predicted octanol–water partition coefficient (Wildman–Crippen LogP) is 5.25. The summed E-state index contributed by atoms with van der Waals surface area (Å²) < 4.78 is 10.7. The quantitative estimate of drug-likeness (QED) is 0.537. The van der Waals surface area contributed by atoms with Gasteiger partial charge in [0.2, 0.25) is 0 Å². The van der Waals surface area contributed by atoms with E-state index in [2.05, 4.69) is 58.9 Å². The molecule has 130 valence electrons. The molecule has 1 aromatic carbocycles. The highest BCUT2D eigenvalue weighted by Gasteiger charge is 2.41. The highest BCUT2D eigenvalue weighted by Crippen LogP contribution is 2.41. The highest BCUT2D eigenvalue weighted by molar-refractivity contribution is 6.90. The van der Waals surface area contributed by atoms with Crippen LogP contribution in [0.1, 0.15) is 52.7 Å². The summed E-state index contributed by atoms with van der Waals surface area (Å²) in [5, 5.41) is 0. The number of hydrogen-bond acceptors (Lipinski definition) is 2. The average Bonchev–Trinajstić information content (AvgIpc) is 2.53. The van der Waals surface area contributed by atoms with E-state index in [9.17, 15) is 0 Å².